The number of nitrogens with zero attached hydrogens (tertiary/aromatic N) is 5. The zero-order valence-corrected chi connectivity index (χ0v) is 26.7. The Balaban J connectivity index is 1.36. The molecular weight excluding hydrogens is 611 g/mol. The molecule has 0 aliphatic carbocycles. The summed E-state index contributed by atoms with van der Waals surface area (Å²) in [5.41, 5.74) is 11.6. The van der Waals surface area contributed by atoms with Crippen LogP contribution in [0.3, 0.4) is 0 Å². The van der Waals surface area contributed by atoms with E-state index in [4.69, 9.17) is 0 Å². The molecule has 5 nitrogen and oxygen atoms in total. The van der Waals surface area contributed by atoms with Gasteiger partial charge in [-0.3, -0.25) is 0 Å². The molecular formula is C45H25N5. The van der Waals surface area contributed by atoms with Crippen molar-refractivity contribution in [1.29, 1.82) is 15.8 Å². The highest BCUT2D eigenvalue weighted by molar-refractivity contribution is 6.11. The van der Waals surface area contributed by atoms with E-state index in [0.29, 0.717) is 16.7 Å². The SMILES string of the molecule is N#Cc1cc(-c2ccc(-c3ccccc3)cc2-n2c3ccccc3c3cc(C#N)ccc32)cc(-n2c3ccccc3c3cc(C#N)ccc32)c1. The second kappa shape index (κ2) is 11.4. The van der Waals surface area contributed by atoms with Crippen LogP contribution in [0.25, 0.3) is 77.2 Å². The quantitative estimate of drug-likeness (QED) is 0.193. The zero-order chi connectivity index (χ0) is 33.8. The number of para-hydroxylation sites is 2. The van der Waals surface area contributed by atoms with Crippen molar-refractivity contribution in [2.75, 3.05) is 0 Å². The summed E-state index contributed by atoms with van der Waals surface area (Å²) in [4.78, 5) is 0. The molecule has 0 amide bonds. The van der Waals surface area contributed by atoms with Gasteiger partial charge < -0.3 is 9.13 Å². The molecule has 0 bridgehead atoms. The highest BCUT2D eigenvalue weighted by Gasteiger charge is 2.19. The van der Waals surface area contributed by atoms with Crippen LogP contribution in [0.1, 0.15) is 16.7 Å². The van der Waals surface area contributed by atoms with Crippen molar-refractivity contribution in [2.45, 2.75) is 0 Å². The molecule has 0 saturated heterocycles. The maximum Gasteiger partial charge on any atom is 0.0992 e. The molecule has 9 rings (SSSR count). The number of rotatable bonds is 4. The van der Waals surface area contributed by atoms with E-state index in [2.05, 4.69) is 88.0 Å². The second-order valence-corrected chi connectivity index (χ2v) is 12.4. The van der Waals surface area contributed by atoms with Crippen molar-refractivity contribution in [3.63, 3.8) is 0 Å². The van der Waals surface area contributed by atoms with E-state index in [9.17, 15) is 15.8 Å². The lowest BCUT2D eigenvalue weighted by Crippen LogP contribution is -2.00. The molecule has 0 aliphatic heterocycles. The van der Waals surface area contributed by atoms with Gasteiger partial charge in [-0.2, -0.15) is 15.8 Å². The van der Waals surface area contributed by atoms with Gasteiger partial charge in [0, 0.05) is 32.8 Å². The fraction of sp³-hybridized carbons (Fsp3) is 0. The first-order chi connectivity index (χ1) is 24.6. The van der Waals surface area contributed by atoms with Gasteiger partial charge in [0.2, 0.25) is 0 Å². The fourth-order valence-electron chi connectivity index (χ4n) is 7.35. The zero-order valence-electron chi connectivity index (χ0n) is 26.7. The second-order valence-electron chi connectivity index (χ2n) is 12.4. The van der Waals surface area contributed by atoms with Crippen molar-refractivity contribution in [1.82, 2.24) is 9.13 Å². The minimum atomic E-state index is 0.538. The summed E-state index contributed by atoms with van der Waals surface area (Å²) < 4.78 is 4.45. The van der Waals surface area contributed by atoms with Crippen LogP contribution < -0.4 is 0 Å². The van der Waals surface area contributed by atoms with Crippen LogP contribution >= 0.6 is 0 Å². The van der Waals surface area contributed by atoms with E-state index in [1.807, 2.05) is 91.0 Å². The van der Waals surface area contributed by atoms with Gasteiger partial charge in [-0.05, 0) is 89.5 Å². The first kappa shape index (κ1) is 28.8. The van der Waals surface area contributed by atoms with Gasteiger partial charge in [-0.25, -0.2) is 0 Å². The largest absolute Gasteiger partial charge is 0.309 e. The Kier molecular flexibility index (Phi) is 6.56. The van der Waals surface area contributed by atoms with Crippen LogP contribution in [-0.4, -0.2) is 9.13 Å². The highest BCUT2D eigenvalue weighted by atomic mass is 15.0. The standard InChI is InChI=1S/C45H25N5/c46-26-29-14-18-43-39(22-29)37-10-4-6-12-41(37)49(43)35-21-31(28-48)20-34(24-35)36-17-16-33(32-8-2-1-3-9-32)25-45(36)50-42-13-7-5-11-38(42)40-23-30(27-47)15-19-44(40)50/h1-25H. The van der Waals surface area contributed by atoms with Crippen LogP contribution in [0.5, 0.6) is 0 Å². The van der Waals surface area contributed by atoms with Crippen LogP contribution in [0.2, 0.25) is 0 Å². The molecule has 2 aromatic heterocycles. The van der Waals surface area contributed by atoms with Gasteiger partial charge in [-0.15, -0.1) is 0 Å². The average Bonchev–Trinajstić information content (AvgIpc) is 3.69. The Bertz CT molecular complexity index is 2960. The van der Waals surface area contributed by atoms with Crippen LogP contribution in [0.4, 0.5) is 0 Å². The van der Waals surface area contributed by atoms with Crippen molar-refractivity contribution in [2.24, 2.45) is 0 Å². The Morgan fingerprint density at radius 3 is 1.56 bits per heavy atom. The van der Waals surface area contributed by atoms with E-state index in [-0.39, 0.29) is 0 Å². The number of benzene rings is 7. The normalized spacial score (nSPS) is 11.1. The molecule has 50 heavy (non-hydrogen) atoms. The first-order valence-corrected chi connectivity index (χ1v) is 16.3. The van der Waals surface area contributed by atoms with Crippen molar-refractivity contribution in [3.05, 3.63) is 168 Å². The smallest absolute Gasteiger partial charge is 0.0992 e. The van der Waals surface area contributed by atoms with E-state index < -0.39 is 0 Å². The lowest BCUT2D eigenvalue weighted by Gasteiger charge is -2.18. The average molecular weight is 636 g/mol. The molecule has 0 atom stereocenters. The maximum atomic E-state index is 10.4. The molecule has 0 unspecified atom stereocenters. The van der Waals surface area contributed by atoms with Crippen molar-refractivity contribution in [3.8, 4) is 51.8 Å². The van der Waals surface area contributed by atoms with Crippen LogP contribution in [-0.2, 0) is 0 Å². The fourth-order valence-corrected chi connectivity index (χ4v) is 7.35. The number of fused-ring (bicyclic) bond motifs is 6. The minimum Gasteiger partial charge on any atom is -0.309 e. The monoisotopic (exact) mass is 635 g/mol. The van der Waals surface area contributed by atoms with Crippen molar-refractivity contribution >= 4 is 43.6 Å². The van der Waals surface area contributed by atoms with Gasteiger partial charge in [0.15, 0.2) is 0 Å². The Morgan fingerprint density at radius 2 is 0.920 bits per heavy atom. The van der Waals surface area contributed by atoms with E-state index >= 15 is 0 Å². The summed E-state index contributed by atoms with van der Waals surface area (Å²) in [7, 11) is 0. The minimum absolute atomic E-state index is 0.538. The third kappa shape index (κ3) is 4.45. The lowest BCUT2D eigenvalue weighted by atomic mass is 9.96. The highest BCUT2D eigenvalue weighted by Crippen LogP contribution is 2.40. The topological polar surface area (TPSA) is 81.2 Å². The Hall–Kier alpha value is -7.39. The predicted molar refractivity (Wildman–Crippen MR) is 200 cm³/mol. The third-order valence-electron chi connectivity index (χ3n) is 9.57. The summed E-state index contributed by atoms with van der Waals surface area (Å²) in [5, 5.41) is 33.9. The number of aromatic nitrogens is 2. The summed E-state index contributed by atoms with van der Waals surface area (Å²) in [6.45, 7) is 0. The molecule has 5 heteroatoms. The molecule has 2 heterocycles. The van der Waals surface area contributed by atoms with E-state index in [1.165, 1.54) is 0 Å². The molecule has 0 N–H and O–H groups in total. The molecule has 0 fully saturated rings. The van der Waals surface area contributed by atoms with Gasteiger partial charge in [0.25, 0.3) is 0 Å². The number of hydrogen-bond acceptors (Lipinski definition) is 3. The number of hydrogen-bond donors (Lipinski definition) is 0. The summed E-state index contributed by atoms with van der Waals surface area (Å²) >= 11 is 0. The maximum absolute atomic E-state index is 10.4. The molecule has 0 spiro atoms. The Labute approximate surface area is 287 Å². The summed E-state index contributed by atoms with van der Waals surface area (Å²) in [5.74, 6) is 0. The van der Waals surface area contributed by atoms with Gasteiger partial charge in [0.05, 0.1) is 62.7 Å². The first-order valence-electron chi connectivity index (χ1n) is 16.3. The molecule has 7 aromatic carbocycles. The molecule has 0 aliphatic rings. The van der Waals surface area contributed by atoms with Gasteiger partial charge in [0.1, 0.15) is 0 Å². The van der Waals surface area contributed by atoms with Crippen LogP contribution in [0.15, 0.2) is 152 Å². The third-order valence-corrected chi connectivity index (χ3v) is 9.57. The summed E-state index contributed by atoms with van der Waals surface area (Å²) in [6, 6.07) is 57.9. The molecule has 9 aromatic rings. The Morgan fingerprint density at radius 1 is 0.360 bits per heavy atom. The number of nitriles is 3. The van der Waals surface area contributed by atoms with E-state index in [1.54, 1.807) is 0 Å². The molecule has 0 radical (unpaired) electrons. The van der Waals surface area contributed by atoms with Gasteiger partial charge >= 0.3 is 0 Å². The van der Waals surface area contributed by atoms with Crippen LogP contribution in [0, 0.1) is 34.0 Å². The van der Waals surface area contributed by atoms with E-state index in [0.717, 1.165) is 77.2 Å². The lowest BCUT2D eigenvalue weighted by molar-refractivity contribution is 1.17. The molecule has 230 valence electrons. The summed E-state index contributed by atoms with van der Waals surface area (Å²) in [6.07, 6.45) is 0. The predicted octanol–water partition coefficient (Wildman–Crippen LogP) is 10.8. The van der Waals surface area contributed by atoms with Gasteiger partial charge in [-0.1, -0.05) is 78.9 Å². The van der Waals surface area contributed by atoms with Crippen molar-refractivity contribution < 1.29 is 0 Å². The molecule has 0 saturated carbocycles.